The van der Waals surface area contributed by atoms with E-state index in [1.54, 1.807) is 24.3 Å². The molecule has 5 heteroatoms. The van der Waals surface area contributed by atoms with Crippen LogP contribution in [-0.4, -0.2) is 16.4 Å². The quantitative estimate of drug-likeness (QED) is 0.736. The lowest BCUT2D eigenvalue weighted by Gasteiger charge is -1.94. The van der Waals surface area contributed by atoms with Gasteiger partial charge in [0.2, 0.25) is 0 Å². The maximum Gasteiger partial charge on any atom is 0.272 e. The van der Waals surface area contributed by atoms with Crippen molar-refractivity contribution >= 4 is 11.9 Å². The predicted octanol–water partition coefficient (Wildman–Crippen LogP) is 1.33. The van der Waals surface area contributed by atoms with Crippen LogP contribution in [0.15, 0.2) is 40.2 Å². The zero-order valence-electron chi connectivity index (χ0n) is 8.27. The van der Waals surface area contributed by atoms with E-state index in [2.05, 4.69) is 15.2 Å². The number of H-pyrrole nitrogens is 2. The number of rotatable bonds is 2. The third-order valence-electron chi connectivity index (χ3n) is 2.04. The van der Waals surface area contributed by atoms with Crippen LogP contribution in [0.3, 0.4) is 0 Å². The number of nitrogens with zero attached hydrogens (tertiary/aromatic N) is 2. The van der Waals surface area contributed by atoms with Gasteiger partial charge in [0.1, 0.15) is 6.07 Å². The second kappa shape index (κ2) is 4.28. The maximum atomic E-state index is 11.2. The average Bonchev–Trinajstić information content (AvgIpc) is 2.72. The number of hydrogen-bond donors (Lipinski definition) is 2. The molecule has 78 valence electrons. The molecule has 1 aromatic heterocycles. The fourth-order valence-corrected chi connectivity index (χ4v) is 1.23. The van der Waals surface area contributed by atoms with Crippen molar-refractivity contribution in [3.63, 3.8) is 0 Å². The topological polar surface area (TPSA) is 84.8 Å². The third kappa shape index (κ3) is 1.91. The summed E-state index contributed by atoms with van der Waals surface area (Å²) in [5.41, 5.74) is 1.21. The Bertz CT molecular complexity index is 615. The number of aromatic nitrogens is 2. The largest absolute Gasteiger partial charge is 0.305 e. The molecule has 0 aliphatic rings. The van der Waals surface area contributed by atoms with Crippen LogP contribution in [0.2, 0.25) is 0 Å². The summed E-state index contributed by atoms with van der Waals surface area (Å²) in [7, 11) is 0. The molecule has 0 bridgehead atoms. The molecule has 0 aliphatic carbocycles. The molecule has 0 unspecified atom stereocenters. The molecule has 0 saturated heterocycles. The lowest BCUT2D eigenvalue weighted by atomic mass is 10.2. The standard InChI is InChI=1S/C11H8N4O/c12-5-8-3-1-2-4-10(8)13-6-9-7-14-15-11(9)16/h1-4,6-7H,(H2,14,15,16). The summed E-state index contributed by atoms with van der Waals surface area (Å²) in [6, 6.07) is 8.98. The van der Waals surface area contributed by atoms with Gasteiger partial charge in [-0.05, 0) is 12.1 Å². The molecular weight excluding hydrogens is 204 g/mol. The number of para-hydroxylation sites is 1. The van der Waals surface area contributed by atoms with Gasteiger partial charge in [0, 0.05) is 12.4 Å². The Morgan fingerprint density at radius 3 is 2.88 bits per heavy atom. The summed E-state index contributed by atoms with van der Waals surface area (Å²) >= 11 is 0. The van der Waals surface area contributed by atoms with Crippen molar-refractivity contribution in [2.45, 2.75) is 0 Å². The highest BCUT2D eigenvalue weighted by molar-refractivity contribution is 5.81. The molecule has 0 fully saturated rings. The van der Waals surface area contributed by atoms with Crippen LogP contribution >= 0.6 is 0 Å². The van der Waals surface area contributed by atoms with Crippen LogP contribution in [0, 0.1) is 11.3 Å². The van der Waals surface area contributed by atoms with Crippen molar-refractivity contribution in [1.29, 1.82) is 5.26 Å². The molecule has 0 amide bonds. The van der Waals surface area contributed by atoms with Crippen molar-refractivity contribution < 1.29 is 0 Å². The van der Waals surface area contributed by atoms with Gasteiger partial charge < -0.3 is 5.10 Å². The fraction of sp³-hybridized carbons (Fsp3) is 0. The minimum absolute atomic E-state index is 0.238. The zero-order valence-corrected chi connectivity index (χ0v) is 8.27. The summed E-state index contributed by atoms with van der Waals surface area (Å²) in [6.45, 7) is 0. The molecule has 0 radical (unpaired) electrons. The van der Waals surface area contributed by atoms with Crippen molar-refractivity contribution in [3.8, 4) is 6.07 Å². The minimum Gasteiger partial charge on any atom is -0.305 e. The Morgan fingerprint density at radius 2 is 2.19 bits per heavy atom. The van der Waals surface area contributed by atoms with E-state index in [9.17, 15) is 4.79 Å². The molecule has 0 spiro atoms. The van der Waals surface area contributed by atoms with Crippen molar-refractivity contribution in [3.05, 3.63) is 51.9 Å². The van der Waals surface area contributed by atoms with Gasteiger partial charge in [0.25, 0.3) is 5.56 Å². The Kier molecular flexibility index (Phi) is 2.65. The Balaban J connectivity index is 2.35. The molecule has 1 aromatic carbocycles. The lowest BCUT2D eigenvalue weighted by molar-refractivity contribution is 1.06. The van der Waals surface area contributed by atoms with E-state index in [1.165, 1.54) is 12.4 Å². The molecule has 0 aliphatic heterocycles. The van der Waals surface area contributed by atoms with E-state index in [0.717, 1.165) is 0 Å². The van der Waals surface area contributed by atoms with E-state index in [0.29, 0.717) is 16.8 Å². The van der Waals surface area contributed by atoms with Gasteiger partial charge in [0.05, 0.1) is 16.8 Å². The maximum absolute atomic E-state index is 11.2. The fourth-order valence-electron chi connectivity index (χ4n) is 1.23. The monoisotopic (exact) mass is 212 g/mol. The highest BCUT2D eigenvalue weighted by Gasteiger charge is 1.99. The number of hydrogen-bond acceptors (Lipinski definition) is 3. The summed E-state index contributed by atoms with van der Waals surface area (Å²) in [5, 5.41) is 13.8. The highest BCUT2D eigenvalue weighted by atomic mass is 16.1. The van der Waals surface area contributed by atoms with Crippen molar-refractivity contribution in [1.82, 2.24) is 10.2 Å². The zero-order chi connectivity index (χ0) is 11.4. The molecule has 2 aromatic rings. The first-order valence-electron chi connectivity index (χ1n) is 4.60. The molecule has 0 saturated carbocycles. The Hall–Kier alpha value is -2.61. The third-order valence-corrected chi connectivity index (χ3v) is 2.04. The number of nitriles is 1. The van der Waals surface area contributed by atoms with E-state index in [4.69, 9.17) is 5.26 Å². The summed E-state index contributed by atoms with van der Waals surface area (Å²) in [5.74, 6) is 0. The van der Waals surface area contributed by atoms with Gasteiger partial charge in [-0.15, -0.1) is 0 Å². The average molecular weight is 212 g/mol. The number of benzene rings is 1. The van der Waals surface area contributed by atoms with Gasteiger partial charge in [-0.2, -0.15) is 5.26 Å². The molecule has 2 N–H and O–H groups in total. The van der Waals surface area contributed by atoms with E-state index >= 15 is 0 Å². The van der Waals surface area contributed by atoms with Crippen molar-refractivity contribution in [2.75, 3.05) is 0 Å². The molecule has 0 atom stereocenters. The second-order valence-electron chi connectivity index (χ2n) is 3.09. The van der Waals surface area contributed by atoms with E-state index in [-0.39, 0.29) is 5.56 Å². The van der Waals surface area contributed by atoms with Gasteiger partial charge in [-0.25, -0.2) is 0 Å². The predicted molar refractivity (Wildman–Crippen MR) is 59.8 cm³/mol. The van der Waals surface area contributed by atoms with Gasteiger partial charge in [0.15, 0.2) is 0 Å². The van der Waals surface area contributed by atoms with Crippen LogP contribution in [0.5, 0.6) is 0 Å². The smallest absolute Gasteiger partial charge is 0.272 e. The number of aliphatic imine (C=N–C) groups is 1. The van der Waals surface area contributed by atoms with Gasteiger partial charge in [-0.1, -0.05) is 12.1 Å². The van der Waals surface area contributed by atoms with Gasteiger partial charge >= 0.3 is 0 Å². The van der Waals surface area contributed by atoms with E-state index in [1.807, 2.05) is 6.07 Å². The van der Waals surface area contributed by atoms with Crippen LogP contribution in [0.4, 0.5) is 5.69 Å². The van der Waals surface area contributed by atoms with Gasteiger partial charge in [-0.3, -0.25) is 14.9 Å². The lowest BCUT2D eigenvalue weighted by Crippen LogP contribution is -2.03. The number of aromatic amines is 2. The first kappa shape index (κ1) is 9.93. The van der Waals surface area contributed by atoms with E-state index < -0.39 is 0 Å². The molecule has 16 heavy (non-hydrogen) atoms. The number of nitrogens with one attached hydrogen (secondary N) is 2. The molecule has 2 rings (SSSR count). The Morgan fingerprint density at radius 1 is 1.38 bits per heavy atom. The molecular formula is C11H8N4O. The first-order chi connectivity index (χ1) is 7.81. The summed E-state index contributed by atoms with van der Waals surface area (Å²) in [4.78, 5) is 15.2. The second-order valence-corrected chi connectivity index (χ2v) is 3.09. The minimum atomic E-state index is -0.238. The highest BCUT2D eigenvalue weighted by Crippen LogP contribution is 2.16. The SMILES string of the molecule is N#Cc1ccccc1N=Cc1c[nH][nH]c1=O. The molecule has 1 heterocycles. The first-order valence-corrected chi connectivity index (χ1v) is 4.60. The van der Waals surface area contributed by atoms with Crippen LogP contribution in [0.25, 0.3) is 0 Å². The van der Waals surface area contributed by atoms with Crippen LogP contribution in [-0.2, 0) is 0 Å². The Labute approximate surface area is 91.1 Å². The van der Waals surface area contributed by atoms with Crippen LogP contribution in [0.1, 0.15) is 11.1 Å². The summed E-state index contributed by atoms with van der Waals surface area (Å²) < 4.78 is 0. The van der Waals surface area contributed by atoms with Crippen molar-refractivity contribution in [2.24, 2.45) is 4.99 Å². The molecule has 5 nitrogen and oxygen atoms in total. The van der Waals surface area contributed by atoms with Crippen LogP contribution < -0.4 is 5.56 Å². The summed E-state index contributed by atoms with van der Waals surface area (Å²) in [6.07, 6.45) is 2.94. The normalized spacial score (nSPS) is 10.4.